The summed E-state index contributed by atoms with van der Waals surface area (Å²) in [6, 6.07) is 7.59. The van der Waals surface area contributed by atoms with Crippen molar-refractivity contribution in [3.05, 3.63) is 35.4 Å². The Kier molecular flexibility index (Phi) is 3.97. The molecule has 2 aliphatic heterocycles. The van der Waals surface area contributed by atoms with Crippen LogP contribution in [0.5, 0.6) is 0 Å². The van der Waals surface area contributed by atoms with Crippen molar-refractivity contribution in [2.24, 2.45) is 0 Å². The molecule has 114 valence electrons. The minimum Gasteiger partial charge on any atom is -0.344 e. The zero-order valence-corrected chi connectivity index (χ0v) is 12.7. The van der Waals surface area contributed by atoms with Crippen molar-refractivity contribution in [1.29, 1.82) is 0 Å². The fourth-order valence-electron chi connectivity index (χ4n) is 2.79. The summed E-state index contributed by atoms with van der Waals surface area (Å²) in [6.45, 7) is 6.59. The minimum absolute atomic E-state index is 0.105. The van der Waals surface area contributed by atoms with E-state index in [0.29, 0.717) is 13.2 Å². The molecular formula is C16H22N2O3. The van der Waals surface area contributed by atoms with Gasteiger partial charge >= 0.3 is 0 Å². The maximum absolute atomic E-state index is 12.5. The Morgan fingerprint density at radius 3 is 2.19 bits per heavy atom. The molecule has 2 saturated heterocycles. The number of hydrogen-bond donors (Lipinski definition) is 0. The van der Waals surface area contributed by atoms with Crippen LogP contribution in [-0.2, 0) is 15.3 Å². The SMILES string of the molecule is CN1CCN(C(=O)c2ccc(C3(C)OCCO3)cc2)CC1. The van der Waals surface area contributed by atoms with Gasteiger partial charge in [0.05, 0.1) is 13.2 Å². The zero-order valence-electron chi connectivity index (χ0n) is 12.7. The average molecular weight is 290 g/mol. The largest absolute Gasteiger partial charge is 0.344 e. The highest BCUT2D eigenvalue weighted by Gasteiger charge is 2.33. The molecule has 2 fully saturated rings. The van der Waals surface area contributed by atoms with Crippen LogP contribution in [0.15, 0.2) is 24.3 Å². The Morgan fingerprint density at radius 1 is 1.05 bits per heavy atom. The Morgan fingerprint density at radius 2 is 1.62 bits per heavy atom. The molecule has 0 aliphatic carbocycles. The molecule has 21 heavy (non-hydrogen) atoms. The van der Waals surface area contributed by atoms with Gasteiger partial charge in [0, 0.05) is 37.3 Å². The molecule has 0 atom stereocenters. The van der Waals surface area contributed by atoms with E-state index in [9.17, 15) is 4.79 Å². The molecule has 0 bridgehead atoms. The molecule has 5 nitrogen and oxygen atoms in total. The fraction of sp³-hybridized carbons (Fsp3) is 0.562. The number of amides is 1. The summed E-state index contributed by atoms with van der Waals surface area (Å²) in [5.74, 6) is -0.567. The smallest absolute Gasteiger partial charge is 0.253 e. The zero-order chi connectivity index (χ0) is 14.9. The summed E-state index contributed by atoms with van der Waals surface area (Å²) in [4.78, 5) is 16.6. The summed E-state index contributed by atoms with van der Waals surface area (Å²) in [5.41, 5.74) is 1.68. The molecule has 0 spiro atoms. The highest BCUT2D eigenvalue weighted by molar-refractivity contribution is 5.94. The van der Waals surface area contributed by atoms with E-state index in [1.54, 1.807) is 0 Å². The molecule has 1 amide bonds. The molecule has 0 unspecified atom stereocenters. The van der Waals surface area contributed by atoms with Crippen molar-refractivity contribution in [2.75, 3.05) is 46.4 Å². The van der Waals surface area contributed by atoms with Gasteiger partial charge in [0.1, 0.15) is 0 Å². The number of piperazine rings is 1. The normalized spacial score (nSPS) is 22.5. The lowest BCUT2D eigenvalue weighted by Gasteiger charge is -2.32. The monoisotopic (exact) mass is 290 g/mol. The van der Waals surface area contributed by atoms with E-state index in [1.165, 1.54) is 0 Å². The van der Waals surface area contributed by atoms with Crippen molar-refractivity contribution in [1.82, 2.24) is 9.80 Å². The molecule has 2 heterocycles. The van der Waals surface area contributed by atoms with Gasteiger partial charge < -0.3 is 19.3 Å². The van der Waals surface area contributed by atoms with E-state index >= 15 is 0 Å². The number of hydrogen-bond acceptors (Lipinski definition) is 4. The molecule has 0 radical (unpaired) electrons. The van der Waals surface area contributed by atoms with Gasteiger partial charge in [-0.25, -0.2) is 0 Å². The summed E-state index contributed by atoms with van der Waals surface area (Å²) >= 11 is 0. The number of likely N-dealkylation sites (N-methyl/N-ethyl adjacent to an activating group) is 1. The van der Waals surface area contributed by atoms with Crippen LogP contribution < -0.4 is 0 Å². The van der Waals surface area contributed by atoms with E-state index in [4.69, 9.17) is 9.47 Å². The number of carbonyl (C=O) groups is 1. The highest BCUT2D eigenvalue weighted by atomic mass is 16.7. The number of carbonyl (C=O) groups excluding carboxylic acids is 1. The van der Waals surface area contributed by atoms with Crippen LogP contribution in [0.1, 0.15) is 22.8 Å². The molecule has 3 rings (SSSR count). The van der Waals surface area contributed by atoms with Gasteiger partial charge in [0.25, 0.3) is 5.91 Å². The number of rotatable bonds is 2. The maximum atomic E-state index is 12.5. The van der Waals surface area contributed by atoms with Crippen LogP contribution >= 0.6 is 0 Å². The number of nitrogens with zero attached hydrogens (tertiary/aromatic N) is 2. The van der Waals surface area contributed by atoms with Gasteiger partial charge in [-0.2, -0.15) is 0 Å². The third kappa shape index (κ3) is 2.95. The first-order chi connectivity index (χ1) is 10.1. The lowest BCUT2D eigenvalue weighted by atomic mass is 10.0. The topological polar surface area (TPSA) is 42.0 Å². The molecule has 0 N–H and O–H groups in total. The molecule has 2 aliphatic rings. The number of ether oxygens (including phenoxy) is 2. The first-order valence-electron chi connectivity index (χ1n) is 7.45. The van der Waals surface area contributed by atoms with Crippen LogP contribution in [0.25, 0.3) is 0 Å². The fourth-order valence-corrected chi connectivity index (χ4v) is 2.79. The Balaban J connectivity index is 1.70. The van der Waals surface area contributed by atoms with E-state index in [1.807, 2.05) is 36.1 Å². The van der Waals surface area contributed by atoms with E-state index in [2.05, 4.69) is 11.9 Å². The summed E-state index contributed by atoms with van der Waals surface area (Å²) in [5, 5.41) is 0. The van der Waals surface area contributed by atoms with Gasteiger partial charge in [-0.05, 0) is 26.1 Å². The van der Waals surface area contributed by atoms with Gasteiger partial charge in [-0.3, -0.25) is 4.79 Å². The van der Waals surface area contributed by atoms with Crippen LogP contribution in [0, 0.1) is 0 Å². The summed E-state index contributed by atoms with van der Waals surface area (Å²) in [6.07, 6.45) is 0. The second-order valence-corrected chi connectivity index (χ2v) is 5.82. The second kappa shape index (κ2) is 5.75. The van der Waals surface area contributed by atoms with E-state index in [0.717, 1.165) is 37.3 Å². The van der Waals surface area contributed by atoms with Crippen LogP contribution in [0.4, 0.5) is 0 Å². The highest BCUT2D eigenvalue weighted by Crippen LogP contribution is 2.30. The van der Waals surface area contributed by atoms with Crippen LogP contribution in [-0.4, -0.2) is 62.1 Å². The molecular weight excluding hydrogens is 268 g/mol. The van der Waals surface area contributed by atoms with E-state index < -0.39 is 5.79 Å². The Labute approximate surface area is 125 Å². The quantitative estimate of drug-likeness (QED) is 0.823. The summed E-state index contributed by atoms with van der Waals surface area (Å²) in [7, 11) is 2.08. The van der Waals surface area contributed by atoms with Gasteiger partial charge in [-0.1, -0.05) is 12.1 Å². The predicted molar refractivity (Wildman–Crippen MR) is 79.1 cm³/mol. The predicted octanol–water partition coefficient (Wildman–Crippen LogP) is 1.29. The van der Waals surface area contributed by atoms with Crippen LogP contribution in [0.3, 0.4) is 0 Å². The van der Waals surface area contributed by atoms with Gasteiger partial charge in [0.15, 0.2) is 5.79 Å². The van der Waals surface area contributed by atoms with Gasteiger partial charge in [-0.15, -0.1) is 0 Å². The van der Waals surface area contributed by atoms with Crippen LogP contribution in [0.2, 0.25) is 0 Å². The van der Waals surface area contributed by atoms with Gasteiger partial charge in [0.2, 0.25) is 0 Å². The average Bonchev–Trinajstić information content (AvgIpc) is 2.96. The molecule has 0 saturated carbocycles. The molecule has 5 heteroatoms. The standard InChI is InChI=1S/C16H22N2O3/c1-16(20-11-12-21-16)14-5-3-13(4-6-14)15(19)18-9-7-17(2)8-10-18/h3-6H,7-12H2,1-2H3. The minimum atomic E-state index is -0.671. The van der Waals surface area contributed by atoms with E-state index in [-0.39, 0.29) is 5.91 Å². The van der Waals surface area contributed by atoms with Crippen molar-refractivity contribution in [3.8, 4) is 0 Å². The molecule has 1 aromatic rings. The first-order valence-corrected chi connectivity index (χ1v) is 7.45. The summed E-state index contributed by atoms with van der Waals surface area (Å²) < 4.78 is 11.3. The Bertz CT molecular complexity index is 501. The molecule has 1 aromatic carbocycles. The lowest BCUT2D eigenvalue weighted by Crippen LogP contribution is -2.47. The van der Waals surface area contributed by atoms with Crippen molar-refractivity contribution in [2.45, 2.75) is 12.7 Å². The van der Waals surface area contributed by atoms with Crippen molar-refractivity contribution < 1.29 is 14.3 Å². The van der Waals surface area contributed by atoms with Crippen molar-refractivity contribution >= 4 is 5.91 Å². The lowest BCUT2D eigenvalue weighted by molar-refractivity contribution is -0.149. The Hall–Kier alpha value is -1.43. The third-order valence-corrected chi connectivity index (χ3v) is 4.29. The van der Waals surface area contributed by atoms with Crippen molar-refractivity contribution in [3.63, 3.8) is 0 Å². The first kappa shape index (κ1) is 14.5. The maximum Gasteiger partial charge on any atom is 0.253 e. The number of benzene rings is 1. The second-order valence-electron chi connectivity index (χ2n) is 5.82. The third-order valence-electron chi connectivity index (χ3n) is 4.29. The molecule has 0 aromatic heterocycles.